The standard InChI is InChI=1S/C12H16N4O2/c1-6-4-14-12(13)9-10(6)16(5-15-9)7-2-3-8(17)11(7)18/h4-5,7-8,11,17-18H,2-3H2,1H3,(H2,13,14). The Labute approximate surface area is 104 Å². The van der Waals surface area contributed by atoms with Gasteiger partial charge in [-0.05, 0) is 25.3 Å². The van der Waals surface area contributed by atoms with Gasteiger partial charge in [-0.15, -0.1) is 0 Å². The number of aliphatic hydroxyl groups excluding tert-OH is 2. The second-order valence-corrected chi connectivity index (χ2v) is 4.88. The number of anilines is 1. The van der Waals surface area contributed by atoms with Crippen LogP contribution in [0.1, 0.15) is 24.4 Å². The van der Waals surface area contributed by atoms with Gasteiger partial charge in [0.15, 0.2) is 5.82 Å². The molecule has 0 aliphatic heterocycles. The number of hydrogen-bond donors (Lipinski definition) is 3. The van der Waals surface area contributed by atoms with E-state index in [1.807, 2.05) is 11.5 Å². The summed E-state index contributed by atoms with van der Waals surface area (Å²) in [5.41, 5.74) is 8.31. The van der Waals surface area contributed by atoms with E-state index < -0.39 is 12.2 Å². The lowest BCUT2D eigenvalue weighted by Crippen LogP contribution is -2.26. The molecule has 18 heavy (non-hydrogen) atoms. The third-order valence-corrected chi connectivity index (χ3v) is 3.71. The summed E-state index contributed by atoms with van der Waals surface area (Å²) in [7, 11) is 0. The average Bonchev–Trinajstić information content (AvgIpc) is 2.91. The van der Waals surface area contributed by atoms with Gasteiger partial charge in [0, 0.05) is 6.20 Å². The fraction of sp³-hybridized carbons (Fsp3) is 0.500. The van der Waals surface area contributed by atoms with E-state index in [0.29, 0.717) is 17.8 Å². The van der Waals surface area contributed by atoms with Crippen LogP contribution in [-0.4, -0.2) is 37.0 Å². The van der Waals surface area contributed by atoms with Crippen molar-refractivity contribution in [3.8, 4) is 0 Å². The summed E-state index contributed by atoms with van der Waals surface area (Å²) in [6.07, 6.45) is 3.29. The van der Waals surface area contributed by atoms with Gasteiger partial charge in [0.05, 0.1) is 24.0 Å². The zero-order valence-electron chi connectivity index (χ0n) is 10.1. The van der Waals surface area contributed by atoms with Crippen molar-refractivity contribution in [3.05, 3.63) is 18.1 Å². The zero-order valence-corrected chi connectivity index (χ0v) is 10.1. The van der Waals surface area contributed by atoms with Gasteiger partial charge in [0.25, 0.3) is 0 Å². The minimum absolute atomic E-state index is 0.148. The average molecular weight is 248 g/mol. The molecular weight excluding hydrogens is 232 g/mol. The first-order chi connectivity index (χ1) is 8.59. The van der Waals surface area contributed by atoms with Crippen molar-refractivity contribution in [2.24, 2.45) is 0 Å². The summed E-state index contributed by atoms with van der Waals surface area (Å²) in [5, 5.41) is 19.6. The highest BCUT2D eigenvalue weighted by Gasteiger charge is 2.35. The molecule has 3 unspecified atom stereocenters. The minimum atomic E-state index is -0.754. The number of rotatable bonds is 1. The molecule has 6 nitrogen and oxygen atoms in total. The van der Waals surface area contributed by atoms with Crippen LogP contribution in [0.3, 0.4) is 0 Å². The van der Waals surface area contributed by atoms with Crippen LogP contribution in [-0.2, 0) is 0 Å². The van der Waals surface area contributed by atoms with Crippen LogP contribution in [0.2, 0.25) is 0 Å². The molecule has 0 saturated heterocycles. The van der Waals surface area contributed by atoms with Crippen LogP contribution >= 0.6 is 0 Å². The molecular formula is C12H16N4O2. The van der Waals surface area contributed by atoms with E-state index in [2.05, 4.69) is 9.97 Å². The van der Waals surface area contributed by atoms with E-state index in [1.165, 1.54) is 0 Å². The van der Waals surface area contributed by atoms with Gasteiger partial charge in [-0.25, -0.2) is 9.97 Å². The van der Waals surface area contributed by atoms with Gasteiger partial charge >= 0.3 is 0 Å². The van der Waals surface area contributed by atoms with E-state index in [4.69, 9.17) is 5.73 Å². The number of pyridine rings is 1. The summed E-state index contributed by atoms with van der Waals surface area (Å²) in [4.78, 5) is 8.34. The van der Waals surface area contributed by atoms with Crippen molar-refractivity contribution in [2.45, 2.75) is 38.0 Å². The van der Waals surface area contributed by atoms with Crippen molar-refractivity contribution in [2.75, 3.05) is 5.73 Å². The molecule has 96 valence electrons. The number of aromatic nitrogens is 3. The van der Waals surface area contributed by atoms with Crippen LogP contribution < -0.4 is 5.73 Å². The van der Waals surface area contributed by atoms with Gasteiger partial charge in [-0.2, -0.15) is 0 Å². The molecule has 0 bridgehead atoms. The van der Waals surface area contributed by atoms with Crippen molar-refractivity contribution in [3.63, 3.8) is 0 Å². The zero-order chi connectivity index (χ0) is 12.9. The number of aliphatic hydroxyl groups is 2. The number of fused-ring (bicyclic) bond motifs is 1. The van der Waals surface area contributed by atoms with Gasteiger partial charge in [0.2, 0.25) is 0 Å². The molecule has 1 aliphatic carbocycles. The largest absolute Gasteiger partial charge is 0.390 e. The van der Waals surface area contributed by atoms with E-state index in [-0.39, 0.29) is 6.04 Å². The normalized spacial score (nSPS) is 28.1. The molecule has 3 rings (SSSR count). The Morgan fingerprint density at radius 3 is 2.78 bits per heavy atom. The van der Waals surface area contributed by atoms with Gasteiger partial charge < -0.3 is 20.5 Å². The maximum absolute atomic E-state index is 10.0. The number of nitrogen functional groups attached to an aromatic ring is 1. The molecule has 0 spiro atoms. The maximum Gasteiger partial charge on any atom is 0.151 e. The van der Waals surface area contributed by atoms with E-state index in [0.717, 1.165) is 17.5 Å². The number of imidazole rings is 1. The fourth-order valence-corrected chi connectivity index (χ4v) is 2.72. The molecule has 2 heterocycles. The molecule has 2 aromatic heterocycles. The molecule has 6 heteroatoms. The van der Waals surface area contributed by atoms with Crippen molar-refractivity contribution in [1.29, 1.82) is 0 Å². The van der Waals surface area contributed by atoms with Crippen LogP contribution in [0.25, 0.3) is 11.0 Å². The summed E-state index contributed by atoms with van der Waals surface area (Å²) in [6, 6.07) is -0.148. The number of aryl methyl sites for hydroxylation is 1. The first-order valence-corrected chi connectivity index (χ1v) is 6.03. The summed E-state index contributed by atoms with van der Waals surface area (Å²) in [6.45, 7) is 1.94. The lowest BCUT2D eigenvalue weighted by Gasteiger charge is -2.19. The van der Waals surface area contributed by atoms with Crippen molar-refractivity contribution >= 4 is 16.9 Å². The van der Waals surface area contributed by atoms with E-state index in [1.54, 1.807) is 12.5 Å². The maximum atomic E-state index is 10.0. The highest BCUT2D eigenvalue weighted by atomic mass is 16.3. The van der Waals surface area contributed by atoms with Crippen LogP contribution in [0.4, 0.5) is 5.82 Å². The lowest BCUT2D eigenvalue weighted by molar-refractivity contribution is 0.0242. The predicted octanol–water partition coefficient (Wildman–Crippen LogP) is 0.379. The van der Waals surface area contributed by atoms with Crippen molar-refractivity contribution in [1.82, 2.24) is 14.5 Å². The highest BCUT2D eigenvalue weighted by Crippen LogP contribution is 2.34. The first-order valence-electron chi connectivity index (χ1n) is 6.03. The smallest absolute Gasteiger partial charge is 0.151 e. The summed E-state index contributed by atoms with van der Waals surface area (Å²) >= 11 is 0. The SMILES string of the molecule is Cc1cnc(N)c2ncn(C3CCC(O)C3O)c12. The van der Waals surface area contributed by atoms with Crippen LogP contribution in [0.15, 0.2) is 12.5 Å². The summed E-state index contributed by atoms with van der Waals surface area (Å²) in [5.74, 6) is 0.391. The molecule has 1 fully saturated rings. The molecule has 1 saturated carbocycles. The number of nitrogens with zero attached hydrogens (tertiary/aromatic N) is 3. The Morgan fingerprint density at radius 2 is 2.11 bits per heavy atom. The fourth-order valence-electron chi connectivity index (χ4n) is 2.72. The van der Waals surface area contributed by atoms with Gasteiger partial charge in [-0.3, -0.25) is 0 Å². The Morgan fingerprint density at radius 1 is 1.33 bits per heavy atom. The molecule has 3 atom stereocenters. The minimum Gasteiger partial charge on any atom is -0.390 e. The molecule has 0 aromatic carbocycles. The Balaban J connectivity index is 2.16. The van der Waals surface area contributed by atoms with Crippen LogP contribution in [0.5, 0.6) is 0 Å². The van der Waals surface area contributed by atoms with E-state index in [9.17, 15) is 10.2 Å². The predicted molar refractivity (Wildman–Crippen MR) is 67.0 cm³/mol. The van der Waals surface area contributed by atoms with Crippen LogP contribution in [0, 0.1) is 6.92 Å². The third kappa shape index (κ3) is 1.49. The quantitative estimate of drug-likeness (QED) is 0.677. The second kappa shape index (κ2) is 3.93. The molecule has 1 aliphatic rings. The summed E-state index contributed by atoms with van der Waals surface area (Å²) < 4.78 is 1.91. The third-order valence-electron chi connectivity index (χ3n) is 3.71. The van der Waals surface area contributed by atoms with Gasteiger partial charge in [0.1, 0.15) is 11.6 Å². The Bertz CT molecular complexity index is 595. The Kier molecular flexibility index (Phi) is 2.49. The molecule has 4 N–H and O–H groups in total. The molecule has 0 amide bonds. The highest BCUT2D eigenvalue weighted by molar-refractivity contribution is 5.87. The number of hydrogen-bond acceptors (Lipinski definition) is 5. The molecule has 0 radical (unpaired) electrons. The Hall–Kier alpha value is -1.66. The molecule has 2 aromatic rings. The van der Waals surface area contributed by atoms with Crippen molar-refractivity contribution < 1.29 is 10.2 Å². The van der Waals surface area contributed by atoms with Gasteiger partial charge in [-0.1, -0.05) is 0 Å². The van der Waals surface area contributed by atoms with E-state index >= 15 is 0 Å². The first kappa shape index (κ1) is 11.4. The second-order valence-electron chi connectivity index (χ2n) is 4.88. The lowest BCUT2D eigenvalue weighted by atomic mass is 10.1. The monoisotopic (exact) mass is 248 g/mol. The topological polar surface area (TPSA) is 97.2 Å². The number of nitrogens with two attached hydrogens (primary N) is 1.